The number of halogens is 2. The maximum Gasteiger partial charge on any atom is 0.192 e. The quantitative estimate of drug-likeness (QED) is 0.915. The largest absolute Gasteiger partial charge is 0.491 e. The van der Waals surface area contributed by atoms with Gasteiger partial charge < -0.3 is 14.6 Å². The highest BCUT2D eigenvalue weighted by Gasteiger charge is 2.21. The minimum atomic E-state index is -0.709. The van der Waals surface area contributed by atoms with E-state index in [0.717, 1.165) is 5.69 Å². The monoisotopic (exact) mass is 281 g/mol. The van der Waals surface area contributed by atoms with Gasteiger partial charge in [0.15, 0.2) is 17.4 Å². The lowest BCUT2D eigenvalue weighted by Gasteiger charge is -2.29. The van der Waals surface area contributed by atoms with Crippen LogP contribution in [0.15, 0.2) is 24.7 Å². The van der Waals surface area contributed by atoms with Crippen LogP contribution in [0.4, 0.5) is 14.5 Å². The number of imidazole rings is 1. The summed E-state index contributed by atoms with van der Waals surface area (Å²) in [5.41, 5.74) is 1.15. The van der Waals surface area contributed by atoms with Crippen molar-refractivity contribution in [3.63, 3.8) is 0 Å². The van der Waals surface area contributed by atoms with Crippen molar-refractivity contribution in [1.82, 2.24) is 9.97 Å². The van der Waals surface area contributed by atoms with E-state index in [4.69, 9.17) is 4.74 Å². The van der Waals surface area contributed by atoms with Gasteiger partial charge in [-0.1, -0.05) is 0 Å². The molecule has 1 aromatic heterocycles. The zero-order valence-corrected chi connectivity index (χ0v) is 11.7. The molecule has 20 heavy (non-hydrogen) atoms. The summed E-state index contributed by atoms with van der Waals surface area (Å²) >= 11 is 0. The summed E-state index contributed by atoms with van der Waals surface area (Å²) in [4.78, 5) is 8.72. The third kappa shape index (κ3) is 2.74. The lowest BCUT2D eigenvalue weighted by Crippen LogP contribution is -2.31. The van der Waals surface area contributed by atoms with Gasteiger partial charge in [0.1, 0.15) is 0 Å². The number of hydrogen-bond acceptors (Lipinski definition) is 3. The fraction of sp³-hybridized carbons (Fsp3) is 0.357. The summed E-state index contributed by atoms with van der Waals surface area (Å²) in [6.45, 7) is 4.32. The smallest absolute Gasteiger partial charge is 0.192 e. The van der Waals surface area contributed by atoms with E-state index in [1.807, 2.05) is 18.7 Å². The van der Waals surface area contributed by atoms with E-state index in [9.17, 15) is 8.78 Å². The first kappa shape index (κ1) is 14.3. The van der Waals surface area contributed by atoms with E-state index < -0.39 is 11.6 Å². The van der Waals surface area contributed by atoms with Gasteiger partial charge in [0, 0.05) is 12.2 Å². The molecule has 0 aliphatic carbocycles. The molecule has 0 aliphatic heterocycles. The van der Waals surface area contributed by atoms with Crippen LogP contribution in [0.3, 0.4) is 0 Å². The SMILES string of the molecule is COc1c(F)ccc(N(Cc2cnc[nH]2)C(C)C)c1F. The summed E-state index contributed by atoms with van der Waals surface area (Å²) in [5, 5.41) is 0. The Morgan fingerprint density at radius 2 is 2.10 bits per heavy atom. The number of nitrogens with zero attached hydrogens (tertiary/aromatic N) is 2. The van der Waals surface area contributed by atoms with Crippen LogP contribution in [0.25, 0.3) is 0 Å². The zero-order chi connectivity index (χ0) is 14.7. The minimum Gasteiger partial charge on any atom is -0.491 e. The van der Waals surface area contributed by atoms with E-state index in [0.29, 0.717) is 12.2 Å². The lowest BCUT2D eigenvalue weighted by molar-refractivity contribution is 0.359. The van der Waals surface area contributed by atoms with Crippen LogP contribution in [0, 0.1) is 11.6 Å². The summed E-state index contributed by atoms with van der Waals surface area (Å²) in [6, 6.07) is 2.66. The Bertz CT molecular complexity index is 570. The Morgan fingerprint density at radius 1 is 1.35 bits per heavy atom. The number of methoxy groups -OCH3 is 1. The van der Waals surface area contributed by atoms with E-state index in [1.165, 1.54) is 19.2 Å². The number of aromatic nitrogens is 2. The van der Waals surface area contributed by atoms with E-state index in [1.54, 1.807) is 12.5 Å². The fourth-order valence-electron chi connectivity index (χ4n) is 2.03. The molecule has 0 atom stereocenters. The molecule has 0 saturated carbocycles. The molecular weight excluding hydrogens is 264 g/mol. The fourth-order valence-corrected chi connectivity index (χ4v) is 2.03. The highest BCUT2D eigenvalue weighted by molar-refractivity contribution is 5.54. The summed E-state index contributed by atoms with van der Waals surface area (Å²) in [5.74, 6) is -1.77. The van der Waals surface area contributed by atoms with Crippen molar-refractivity contribution < 1.29 is 13.5 Å². The molecule has 1 heterocycles. The molecule has 0 aliphatic rings. The van der Waals surface area contributed by atoms with Gasteiger partial charge in [-0.3, -0.25) is 0 Å². The van der Waals surface area contributed by atoms with Crippen molar-refractivity contribution in [2.24, 2.45) is 0 Å². The number of H-pyrrole nitrogens is 1. The van der Waals surface area contributed by atoms with Gasteiger partial charge in [0.05, 0.1) is 31.4 Å². The Hall–Kier alpha value is -2.11. The molecule has 0 fully saturated rings. The topological polar surface area (TPSA) is 41.1 Å². The van der Waals surface area contributed by atoms with Crippen molar-refractivity contribution in [3.05, 3.63) is 42.0 Å². The molecule has 2 rings (SSSR count). The van der Waals surface area contributed by atoms with E-state index >= 15 is 0 Å². The molecular formula is C14H17F2N3O. The van der Waals surface area contributed by atoms with E-state index in [-0.39, 0.29) is 11.8 Å². The van der Waals surface area contributed by atoms with Crippen molar-refractivity contribution in [3.8, 4) is 5.75 Å². The van der Waals surface area contributed by atoms with Gasteiger partial charge >= 0.3 is 0 Å². The van der Waals surface area contributed by atoms with Crippen LogP contribution in [-0.4, -0.2) is 23.1 Å². The number of rotatable bonds is 5. The average molecular weight is 281 g/mol. The predicted octanol–water partition coefficient (Wildman–Crippen LogP) is 3.11. The number of aromatic amines is 1. The Morgan fingerprint density at radius 3 is 2.65 bits per heavy atom. The Balaban J connectivity index is 2.39. The van der Waals surface area contributed by atoms with E-state index in [2.05, 4.69) is 9.97 Å². The molecule has 6 heteroatoms. The molecule has 4 nitrogen and oxygen atoms in total. The molecule has 0 saturated heterocycles. The molecule has 0 amide bonds. The predicted molar refractivity (Wildman–Crippen MR) is 72.8 cm³/mol. The van der Waals surface area contributed by atoms with Crippen LogP contribution in [0.1, 0.15) is 19.5 Å². The Kier molecular flexibility index (Phi) is 4.22. The first-order valence-electron chi connectivity index (χ1n) is 6.30. The zero-order valence-electron chi connectivity index (χ0n) is 11.7. The molecule has 0 radical (unpaired) electrons. The van der Waals surface area contributed by atoms with Crippen molar-refractivity contribution in [1.29, 1.82) is 0 Å². The normalized spacial score (nSPS) is 10.9. The molecule has 1 aromatic carbocycles. The van der Waals surface area contributed by atoms with Crippen molar-refractivity contribution >= 4 is 5.69 Å². The van der Waals surface area contributed by atoms with Crippen LogP contribution in [0.2, 0.25) is 0 Å². The molecule has 2 aromatic rings. The molecule has 0 unspecified atom stereocenters. The van der Waals surface area contributed by atoms with Gasteiger partial charge in [0.25, 0.3) is 0 Å². The van der Waals surface area contributed by atoms with Crippen molar-refractivity contribution in [2.75, 3.05) is 12.0 Å². The molecule has 1 N–H and O–H groups in total. The Labute approximate surface area is 116 Å². The van der Waals surface area contributed by atoms with Crippen LogP contribution in [-0.2, 0) is 6.54 Å². The van der Waals surface area contributed by atoms with Gasteiger partial charge in [0.2, 0.25) is 0 Å². The van der Waals surface area contributed by atoms with Crippen LogP contribution in [0.5, 0.6) is 5.75 Å². The summed E-state index contributed by atoms with van der Waals surface area (Å²) in [6.07, 6.45) is 3.24. The number of ether oxygens (including phenoxy) is 1. The summed E-state index contributed by atoms with van der Waals surface area (Å²) < 4.78 is 32.6. The van der Waals surface area contributed by atoms with Gasteiger partial charge in [-0.2, -0.15) is 0 Å². The number of benzene rings is 1. The van der Waals surface area contributed by atoms with Crippen molar-refractivity contribution in [2.45, 2.75) is 26.4 Å². The van der Waals surface area contributed by atoms with Crippen LogP contribution < -0.4 is 9.64 Å². The van der Waals surface area contributed by atoms with Gasteiger partial charge in [-0.05, 0) is 26.0 Å². The number of nitrogens with one attached hydrogen (secondary N) is 1. The van der Waals surface area contributed by atoms with Gasteiger partial charge in [-0.25, -0.2) is 13.8 Å². The maximum atomic E-state index is 14.3. The second kappa shape index (κ2) is 5.90. The first-order valence-corrected chi connectivity index (χ1v) is 6.30. The standard InChI is InChI=1S/C14H17F2N3O/c1-9(2)19(7-10-6-17-8-18-10)12-5-4-11(15)14(20-3)13(12)16/h4-6,8-9H,7H2,1-3H3,(H,17,18). The first-order chi connectivity index (χ1) is 9.54. The summed E-state index contributed by atoms with van der Waals surface area (Å²) in [7, 11) is 1.25. The maximum absolute atomic E-state index is 14.3. The highest BCUT2D eigenvalue weighted by Crippen LogP contribution is 2.31. The third-order valence-electron chi connectivity index (χ3n) is 3.06. The third-order valence-corrected chi connectivity index (χ3v) is 3.06. The van der Waals surface area contributed by atoms with Gasteiger partial charge in [-0.15, -0.1) is 0 Å². The highest BCUT2D eigenvalue weighted by atomic mass is 19.1. The number of anilines is 1. The van der Waals surface area contributed by atoms with Crippen LogP contribution >= 0.6 is 0 Å². The molecule has 0 bridgehead atoms. The second-order valence-corrected chi connectivity index (χ2v) is 4.71. The second-order valence-electron chi connectivity index (χ2n) is 4.71. The minimum absolute atomic E-state index is 0.0305. The molecule has 108 valence electrons. The lowest BCUT2D eigenvalue weighted by atomic mass is 10.2. The number of hydrogen-bond donors (Lipinski definition) is 1. The molecule has 0 spiro atoms. The average Bonchev–Trinajstić information content (AvgIpc) is 2.90.